The largest absolute Gasteiger partial charge is 0.497 e. The summed E-state index contributed by atoms with van der Waals surface area (Å²) in [5, 5.41) is 12.9. The summed E-state index contributed by atoms with van der Waals surface area (Å²) in [7, 11) is 1.69. The number of aliphatic hydroxyl groups is 1. The normalized spacial score (nSPS) is 15.8. The first-order chi connectivity index (χ1) is 15.4. The molecule has 3 aromatic carbocycles. The molecule has 1 aromatic heterocycles. The van der Waals surface area contributed by atoms with Crippen LogP contribution >= 0.6 is 11.8 Å². The van der Waals surface area contributed by atoms with Crippen LogP contribution in [0.2, 0.25) is 0 Å². The number of thioether (sulfide) groups is 1. The Morgan fingerprint density at radius 3 is 2.50 bits per heavy atom. The summed E-state index contributed by atoms with van der Waals surface area (Å²) in [5.74, 6) is 0.834. The van der Waals surface area contributed by atoms with Gasteiger partial charge in [0.1, 0.15) is 11.9 Å². The van der Waals surface area contributed by atoms with Crippen LogP contribution in [0.5, 0.6) is 5.75 Å². The van der Waals surface area contributed by atoms with Crippen molar-refractivity contribution < 1.29 is 9.84 Å². The summed E-state index contributed by atoms with van der Waals surface area (Å²) in [6, 6.07) is 27.0. The van der Waals surface area contributed by atoms with E-state index in [2.05, 4.69) is 85.2 Å². The molecule has 0 saturated heterocycles. The van der Waals surface area contributed by atoms with E-state index in [1.165, 1.54) is 5.56 Å². The summed E-state index contributed by atoms with van der Waals surface area (Å²) in [6.45, 7) is 5.08. The molecule has 0 fully saturated rings. The fraction of sp³-hybridized carbons (Fsp3) is 0.214. The summed E-state index contributed by atoms with van der Waals surface area (Å²) >= 11 is 1.80. The van der Waals surface area contributed by atoms with Gasteiger partial charge in [0.05, 0.1) is 12.8 Å². The van der Waals surface area contributed by atoms with Gasteiger partial charge < -0.3 is 14.4 Å². The van der Waals surface area contributed by atoms with Gasteiger partial charge >= 0.3 is 0 Å². The molecule has 0 bridgehead atoms. The van der Waals surface area contributed by atoms with E-state index < -0.39 is 6.10 Å². The Balaban J connectivity index is 1.64. The quantitative estimate of drug-likeness (QED) is 0.374. The third-order valence-corrected chi connectivity index (χ3v) is 7.18. The Kier molecular flexibility index (Phi) is 5.36. The minimum Gasteiger partial charge on any atom is -0.497 e. The van der Waals surface area contributed by atoms with Crippen molar-refractivity contribution in [3.05, 3.63) is 102 Å². The fourth-order valence-corrected chi connectivity index (χ4v) is 5.73. The lowest BCUT2D eigenvalue weighted by Crippen LogP contribution is -2.19. The van der Waals surface area contributed by atoms with Gasteiger partial charge in [-0.1, -0.05) is 54.6 Å². The number of nitrogens with zero attached hydrogens (tertiary/aromatic N) is 1. The first-order valence-electron chi connectivity index (χ1n) is 10.9. The summed E-state index contributed by atoms with van der Waals surface area (Å²) in [5.41, 5.74) is 5.26. The fourth-order valence-electron chi connectivity index (χ4n) is 4.50. The topological polar surface area (TPSA) is 34.4 Å². The lowest BCUT2D eigenvalue weighted by Gasteiger charge is -2.31. The third-order valence-electron chi connectivity index (χ3n) is 5.98. The summed E-state index contributed by atoms with van der Waals surface area (Å²) in [6.07, 6.45) is 1.47. The van der Waals surface area contributed by atoms with Crippen LogP contribution in [0.15, 0.2) is 89.8 Å². The van der Waals surface area contributed by atoms with Gasteiger partial charge in [-0.05, 0) is 66.3 Å². The second-order valence-electron chi connectivity index (χ2n) is 8.77. The van der Waals surface area contributed by atoms with Crippen LogP contribution in [0, 0.1) is 0 Å². The first kappa shape index (κ1) is 20.9. The molecule has 1 atom stereocenters. The number of hydrogen-bond acceptors (Lipinski definition) is 3. The van der Waals surface area contributed by atoms with Gasteiger partial charge in [-0.25, -0.2) is 0 Å². The highest BCUT2D eigenvalue weighted by Gasteiger charge is 2.31. The zero-order valence-corrected chi connectivity index (χ0v) is 19.4. The van der Waals surface area contributed by atoms with Crippen LogP contribution in [0.1, 0.15) is 36.8 Å². The molecule has 1 N–H and O–H groups in total. The number of ether oxygens (including phenoxy) is 1. The Morgan fingerprint density at radius 2 is 1.72 bits per heavy atom. The molecule has 4 heteroatoms. The Morgan fingerprint density at radius 1 is 0.969 bits per heavy atom. The molecule has 5 rings (SSSR count). The number of benzene rings is 3. The predicted molar refractivity (Wildman–Crippen MR) is 133 cm³/mol. The standard InChI is InChI=1S/C28H27NO2S/c1-28(2)17-23(22-14-13-21(31-3)16-26(22)32-28)27(30)25-15-20-11-7-8-12-24(20)29(25)18-19-9-5-4-6-10-19/h4-17,27,30H,18H2,1-3H3. The number of hydrogen-bond donors (Lipinski definition) is 1. The van der Waals surface area contributed by atoms with Gasteiger partial charge in [0.2, 0.25) is 0 Å². The smallest absolute Gasteiger partial charge is 0.120 e. The van der Waals surface area contributed by atoms with Gasteiger partial charge in [-0.15, -0.1) is 11.8 Å². The Hall–Kier alpha value is -2.95. The van der Waals surface area contributed by atoms with Crippen molar-refractivity contribution in [3.8, 4) is 5.75 Å². The number of rotatable bonds is 5. The van der Waals surface area contributed by atoms with Crippen molar-refractivity contribution in [3.63, 3.8) is 0 Å². The van der Waals surface area contributed by atoms with E-state index in [1.807, 2.05) is 18.2 Å². The van der Waals surface area contributed by atoms with Crippen molar-refractivity contribution >= 4 is 28.2 Å². The van der Waals surface area contributed by atoms with Gasteiger partial charge in [-0.2, -0.15) is 0 Å². The lowest BCUT2D eigenvalue weighted by molar-refractivity contribution is 0.228. The van der Waals surface area contributed by atoms with Crippen LogP contribution in [-0.4, -0.2) is 21.5 Å². The molecule has 3 nitrogen and oxygen atoms in total. The zero-order chi connectivity index (χ0) is 22.3. The molecule has 32 heavy (non-hydrogen) atoms. The third kappa shape index (κ3) is 3.85. The molecule has 1 aliphatic heterocycles. The highest BCUT2D eigenvalue weighted by atomic mass is 32.2. The molecular formula is C28H27NO2S. The van der Waals surface area contributed by atoms with Gasteiger partial charge in [0.25, 0.3) is 0 Å². The molecule has 4 aromatic rings. The van der Waals surface area contributed by atoms with Gasteiger partial charge in [0, 0.05) is 21.7 Å². The molecular weight excluding hydrogens is 414 g/mol. The van der Waals surface area contributed by atoms with E-state index in [0.717, 1.165) is 38.4 Å². The van der Waals surface area contributed by atoms with Gasteiger partial charge in [-0.3, -0.25) is 0 Å². The molecule has 0 spiro atoms. The predicted octanol–water partition coefficient (Wildman–Crippen LogP) is 6.70. The molecule has 1 unspecified atom stereocenters. The van der Waals surface area contributed by atoms with Crippen LogP contribution < -0.4 is 4.74 Å². The highest BCUT2D eigenvalue weighted by molar-refractivity contribution is 8.01. The minimum atomic E-state index is -0.738. The number of fused-ring (bicyclic) bond motifs is 2. The molecule has 0 saturated carbocycles. The number of para-hydroxylation sites is 1. The van der Waals surface area contributed by atoms with E-state index in [1.54, 1.807) is 18.9 Å². The van der Waals surface area contributed by atoms with E-state index >= 15 is 0 Å². The van der Waals surface area contributed by atoms with Crippen molar-refractivity contribution in [2.75, 3.05) is 7.11 Å². The summed E-state index contributed by atoms with van der Waals surface area (Å²) in [4.78, 5) is 1.14. The number of aromatic nitrogens is 1. The minimum absolute atomic E-state index is 0.133. The van der Waals surface area contributed by atoms with Crippen molar-refractivity contribution in [1.82, 2.24) is 4.57 Å². The van der Waals surface area contributed by atoms with Crippen LogP contribution in [-0.2, 0) is 6.54 Å². The first-order valence-corrected chi connectivity index (χ1v) is 11.7. The lowest BCUT2D eigenvalue weighted by atomic mass is 9.93. The molecule has 0 amide bonds. The number of methoxy groups -OCH3 is 1. The van der Waals surface area contributed by atoms with E-state index in [-0.39, 0.29) is 4.75 Å². The zero-order valence-electron chi connectivity index (χ0n) is 18.6. The van der Waals surface area contributed by atoms with E-state index in [9.17, 15) is 5.11 Å². The average Bonchev–Trinajstić information content (AvgIpc) is 3.16. The SMILES string of the molecule is COc1ccc2c(c1)SC(C)(C)C=C2C(O)c1cc2ccccc2n1Cc1ccccc1. The maximum absolute atomic E-state index is 11.8. The van der Waals surface area contributed by atoms with Gasteiger partial charge in [0.15, 0.2) is 0 Å². The second-order valence-corrected chi connectivity index (χ2v) is 10.5. The maximum Gasteiger partial charge on any atom is 0.120 e. The van der Waals surface area contributed by atoms with Crippen LogP contribution in [0.4, 0.5) is 0 Å². The monoisotopic (exact) mass is 441 g/mol. The second kappa shape index (κ2) is 8.19. The highest BCUT2D eigenvalue weighted by Crippen LogP contribution is 2.49. The Bertz CT molecular complexity index is 1300. The van der Waals surface area contributed by atoms with Crippen molar-refractivity contribution in [2.24, 2.45) is 0 Å². The number of aliphatic hydroxyl groups excluding tert-OH is 1. The molecule has 0 aliphatic carbocycles. The van der Waals surface area contributed by atoms with Crippen molar-refractivity contribution in [2.45, 2.75) is 36.1 Å². The van der Waals surface area contributed by atoms with E-state index in [4.69, 9.17) is 4.74 Å². The van der Waals surface area contributed by atoms with E-state index in [0.29, 0.717) is 6.54 Å². The molecule has 2 heterocycles. The van der Waals surface area contributed by atoms with Crippen LogP contribution in [0.3, 0.4) is 0 Å². The molecule has 162 valence electrons. The Labute approximate surface area is 193 Å². The molecule has 1 aliphatic rings. The van der Waals surface area contributed by atoms with Crippen molar-refractivity contribution in [1.29, 1.82) is 0 Å². The summed E-state index contributed by atoms with van der Waals surface area (Å²) < 4.78 is 7.57. The average molecular weight is 442 g/mol. The maximum atomic E-state index is 11.8. The van der Waals surface area contributed by atoms with Crippen LogP contribution in [0.25, 0.3) is 16.5 Å². The molecule has 0 radical (unpaired) electrons.